The smallest absolute Gasteiger partial charge is 0.140 e. The number of aliphatic hydroxyl groups is 1. The average molecular weight is 247 g/mol. The Balaban J connectivity index is 2.14. The largest absolute Gasteiger partial charge is 0.390 e. The number of aliphatic hydroxyl groups excluding tert-OH is 1. The molecule has 94 valence electrons. The Morgan fingerprint density at radius 1 is 1.44 bits per heavy atom. The quantitative estimate of drug-likeness (QED) is 0.840. The summed E-state index contributed by atoms with van der Waals surface area (Å²) in [4.78, 5) is 4.43. The minimum atomic E-state index is -0.274. The number of imidazole rings is 1. The van der Waals surface area contributed by atoms with Gasteiger partial charge in [-0.1, -0.05) is 12.1 Å². The average Bonchev–Trinajstić information content (AvgIpc) is 2.77. The Morgan fingerprint density at radius 2 is 2.33 bits per heavy atom. The van der Waals surface area contributed by atoms with Gasteiger partial charge >= 0.3 is 0 Å². The summed E-state index contributed by atoms with van der Waals surface area (Å²) < 4.78 is 15.3. The van der Waals surface area contributed by atoms with Gasteiger partial charge in [0.1, 0.15) is 11.6 Å². The second-order valence-electron chi connectivity index (χ2n) is 4.33. The lowest BCUT2D eigenvalue weighted by molar-refractivity contribution is 0.275. The number of benzene rings is 1. The molecule has 5 heteroatoms. The third-order valence-electron chi connectivity index (χ3n) is 3.19. The van der Waals surface area contributed by atoms with Gasteiger partial charge in [-0.15, -0.1) is 0 Å². The van der Waals surface area contributed by atoms with E-state index in [1.54, 1.807) is 6.07 Å². The van der Waals surface area contributed by atoms with E-state index in [-0.39, 0.29) is 12.4 Å². The van der Waals surface area contributed by atoms with E-state index in [0.29, 0.717) is 12.2 Å². The van der Waals surface area contributed by atoms with Crippen molar-refractivity contribution in [2.75, 3.05) is 6.54 Å². The number of nitrogens with one attached hydrogen (secondary N) is 1. The highest BCUT2D eigenvalue weighted by molar-refractivity contribution is 5.57. The first-order valence-electron chi connectivity index (χ1n) is 5.95. The van der Waals surface area contributed by atoms with Crippen LogP contribution in [0.1, 0.15) is 11.4 Å². The molecule has 0 amide bonds. The van der Waals surface area contributed by atoms with Crippen LogP contribution in [0.5, 0.6) is 0 Å². The topological polar surface area (TPSA) is 50.1 Å². The highest BCUT2D eigenvalue weighted by Gasteiger charge is 2.20. The van der Waals surface area contributed by atoms with Crippen LogP contribution in [0, 0.1) is 5.82 Å². The molecule has 2 aromatic rings. The van der Waals surface area contributed by atoms with Gasteiger partial charge in [0, 0.05) is 25.2 Å². The molecule has 0 bridgehead atoms. The van der Waals surface area contributed by atoms with E-state index in [1.165, 1.54) is 12.1 Å². The summed E-state index contributed by atoms with van der Waals surface area (Å²) in [6.07, 6.45) is 0. The number of halogens is 1. The number of hydrogen-bond acceptors (Lipinski definition) is 3. The minimum absolute atomic E-state index is 0.0909. The van der Waals surface area contributed by atoms with Crippen molar-refractivity contribution in [1.82, 2.24) is 14.9 Å². The summed E-state index contributed by atoms with van der Waals surface area (Å²) in [5.41, 5.74) is 2.40. The molecule has 2 N–H and O–H groups in total. The van der Waals surface area contributed by atoms with Crippen LogP contribution < -0.4 is 5.32 Å². The van der Waals surface area contributed by atoms with Gasteiger partial charge in [-0.05, 0) is 12.1 Å². The van der Waals surface area contributed by atoms with E-state index >= 15 is 0 Å². The van der Waals surface area contributed by atoms with Gasteiger partial charge in [0.2, 0.25) is 0 Å². The fourth-order valence-corrected chi connectivity index (χ4v) is 2.35. The molecule has 0 spiro atoms. The number of fused-ring (bicyclic) bond motifs is 1. The van der Waals surface area contributed by atoms with Gasteiger partial charge in [-0.3, -0.25) is 0 Å². The normalized spacial score (nSPS) is 14.6. The summed E-state index contributed by atoms with van der Waals surface area (Å²) in [6.45, 7) is 2.25. The summed E-state index contributed by atoms with van der Waals surface area (Å²) in [7, 11) is 0. The zero-order chi connectivity index (χ0) is 12.5. The first-order valence-corrected chi connectivity index (χ1v) is 5.95. The van der Waals surface area contributed by atoms with Gasteiger partial charge in [0.25, 0.3) is 0 Å². The van der Waals surface area contributed by atoms with E-state index in [1.807, 2.05) is 6.07 Å². The second-order valence-corrected chi connectivity index (χ2v) is 4.33. The van der Waals surface area contributed by atoms with E-state index in [2.05, 4.69) is 14.9 Å². The van der Waals surface area contributed by atoms with Crippen LogP contribution in [0.15, 0.2) is 24.3 Å². The molecule has 1 aliphatic rings. The Hall–Kier alpha value is -1.72. The van der Waals surface area contributed by atoms with Gasteiger partial charge in [-0.25, -0.2) is 9.37 Å². The van der Waals surface area contributed by atoms with E-state index < -0.39 is 0 Å². The van der Waals surface area contributed by atoms with E-state index in [9.17, 15) is 9.50 Å². The van der Waals surface area contributed by atoms with Crippen LogP contribution >= 0.6 is 0 Å². The predicted molar refractivity (Wildman–Crippen MR) is 65.3 cm³/mol. The van der Waals surface area contributed by atoms with Gasteiger partial charge in [0.15, 0.2) is 0 Å². The number of aromatic nitrogens is 2. The van der Waals surface area contributed by atoms with Crippen LogP contribution in [0.2, 0.25) is 0 Å². The van der Waals surface area contributed by atoms with Crippen molar-refractivity contribution in [3.8, 4) is 11.4 Å². The predicted octanol–water partition coefficient (Wildman–Crippen LogP) is 1.28. The fraction of sp³-hybridized carbons (Fsp3) is 0.308. The minimum Gasteiger partial charge on any atom is -0.390 e. The number of hydrogen-bond donors (Lipinski definition) is 2. The monoisotopic (exact) mass is 247 g/mol. The standard InChI is InChI=1S/C13H14FN3O/c14-10-3-1-2-9(6-10)13-16-11(8-18)12-7-15-4-5-17(12)13/h1-3,6,15,18H,4-5,7-8H2. The SMILES string of the molecule is OCc1nc(-c2cccc(F)c2)n2c1CNCC2. The maximum absolute atomic E-state index is 13.3. The van der Waals surface area contributed by atoms with Crippen LogP contribution in [0.4, 0.5) is 4.39 Å². The van der Waals surface area contributed by atoms with Gasteiger partial charge < -0.3 is 15.0 Å². The van der Waals surface area contributed by atoms with E-state index in [0.717, 1.165) is 30.2 Å². The second kappa shape index (κ2) is 4.51. The summed E-state index contributed by atoms with van der Waals surface area (Å²) >= 11 is 0. The fourth-order valence-electron chi connectivity index (χ4n) is 2.35. The molecule has 1 aromatic heterocycles. The maximum Gasteiger partial charge on any atom is 0.140 e. The molecule has 1 aliphatic heterocycles. The summed E-state index contributed by atoms with van der Waals surface area (Å²) in [6, 6.07) is 6.39. The number of nitrogens with zero attached hydrogens (tertiary/aromatic N) is 2. The van der Waals surface area contributed by atoms with Crippen molar-refractivity contribution in [3.63, 3.8) is 0 Å². The summed E-state index contributed by atoms with van der Waals surface area (Å²) in [5.74, 6) is 0.458. The lowest BCUT2D eigenvalue weighted by Gasteiger charge is -2.18. The highest BCUT2D eigenvalue weighted by atomic mass is 19.1. The molecule has 3 rings (SSSR count). The molecule has 0 atom stereocenters. The molecule has 0 saturated heterocycles. The molecule has 1 aromatic carbocycles. The molecule has 4 nitrogen and oxygen atoms in total. The van der Waals surface area contributed by atoms with Crippen molar-refractivity contribution in [1.29, 1.82) is 0 Å². The van der Waals surface area contributed by atoms with Crippen molar-refractivity contribution >= 4 is 0 Å². The van der Waals surface area contributed by atoms with Crippen LogP contribution in [0.25, 0.3) is 11.4 Å². The molecule has 0 aliphatic carbocycles. The molecule has 2 heterocycles. The Bertz CT molecular complexity index is 580. The zero-order valence-electron chi connectivity index (χ0n) is 9.86. The third kappa shape index (κ3) is 1.81. The van der Waals surface area contributed by atoms with E-state index in [4.69, 9.17) is 0 Å². The van der Waals surface area contributed by atoms with Crippen molar-refractivity contribution < 1.29 is 9.50 Å². The Morgan fingerprint density at radius 3 is 3.11 bits per heavy atom. The maximum atomic E-state index is 13.3. The molecular formula is C13H14FN3O. The molecule has 0 unspecified atom stereocenters. The Kier molecular flexibility index (Phi) is 2.85. The first kappa shape index (κ1) is 11.4. The molecule has 0 fully saturated rings. The summed E-state index contributed by atoms with van der Waals surface area (Å²) in [5, 5.41) is 12.6. The first-order chi connectivity index (χ1) is 8.79. The lowest BCUT2D eigenvalue weighted by atomic mass is 10.2. The van der Waals surface area contributed by atoms with Crippen molar-refractivity contribution in [2.24, 2.45) is 0 Å². The molecule has 0 saturated carbocycles. The molecular weight excluding hydrogens is 233 g/mol. The third-order valence-corrected chi connectivity index (χ3v) is 3.19. The number of rotatable bonds is 2. The molecule has 0 radical (unpaired) electrons. The lowest BCUT2D eigenvalue weighted by Crippen LogP contribution is -2.28. The van der Waals surface area contributed by atoms with Crippen molar-refractivity contribution in [2.45, 2.75) is 19.7 Å². The van der Waals surface area contributed by atoms with Crippen LogP contribution in [0.3, 0.4) is 0 Å². The zero-order valence-corrected chi connectivity index (χ0v) is 9.86. The van der Waals surface area contributed by atoms with Gasteiger partial charge in [0.05, 0.1) is 18.0 Å². The highest BCUT2D eigenvalue weighted by Crippen LogP contribution is 2.24. The molecule has 18 heavy (non-hydrogen) atoms. The Labute approximate surface area is 104 Å². The van der Waals surface area contributed by atoms with Gasteiger partial charge in [-0.2, -0.15) is 0 Å². The van der Waals surface area contributed by atoms with Crippen molar-refractivity contribution in [3.05, 3.63) is 41.5 Å². The van der Waals surface area contributed by atoms with Crippen LogP contribution in [-0.4, -0.2) is 21.2 Å². The van der Waals surface area contributed by atoms with Crippen LogP contribution in [-0.2, 0) is 19.7 Å².